The maximum Gasteiger partial charge on any atom is 0.167 e. The van der Waals surface area contributed by atoms with Crippen LogP contribution in [0.3, 0.4) is 0 Å². The van der Waals surface area contributed by atoms with E-state index in [0.717, 1.165) is 32.1 Å². The minimum atomic E-state index is -0.609. The molecule has 0 aliphatic heterocycles. The zero-order valence-corrected chi connectivity index (χ0v) is 11.6. The van der Waals surface area contributed by atoms with E-state index < -0.39 is 5.60 Å². The van der Waals surface area contributed by atoms with Gasteiger partial charge in [0.1, 0.15) is 5.60 Å². The molecule has 1 atom stereocenters. The van der Waals surface area contributed by atoms with Crippen LogP contribution in [0.25, 0.3) is 0 Å². The number of ether oxygens (including phenoxy) is 1. The number of Topliss-reactive ketones (excluding diaryl/α,β-unsaturated/α-hetero) is 1. The molecule has 96 valence electrons. The Bertz CT molecular complexity index is 197. The number of carbonyl (C=O) groups is 1. The number of hydrogen-bond donors (Lipinski definition) is 0. The normalized spacial score (nSPS) is 13.8. The van der Waals surface area contributed by atoms with Crippen LogP contribution in [0.5, 0.6) is 0 Å². The molecule has 0 heterocycles. The van der Waals surface area contributed by atoms with E-state index in [1.54, 1.807) is 0 Å². The average Bonchev–Trinajstić information content (AvgIpc) is 2.23. The molecule has 0 aromatic heterocycles. The molecule has 0 N–H and O–H groups in total. The number of carbonyl (C=O) groups excluding carboxylic acids is 1. The predicted octanol–water partition coefficient (Wildman–Crippen LogP) is 3.98. The third-order valence-corrected chi connectivity index (χ3v) is 3.01. The molecule has 0 bridgehead atoms. The van der Waals surface area contributed by atoms with Crippen molar-refractivity contribution in [3.63, 3.8) is 0 Å². The van der Waals surface area contributed by atoms with Crippen LogP contribution in [0.2, 0.25) is 0 Å². The molecule has 0 aromatic rings. The van der Waals surface area contributed by atoms with Crippen LogP contribution in [0, 0.1) is 5.92 Å². The van der Waals surface area contributed by atoms with Gasteiger partial charge in [-0.1, -0.05) is 33.1 Å². The van der Waals surface area contributed by atoms with Crippen molar-refractivity contribution in [3.05, 3.63) is 0 Å². The van der Waals surface area contributed by atoms with Crippen LogP contribution in [0.1, 0.15) is 66.7 Å². The Balaban J connectivity index is 4.45. The molecule has 0 fully saturated rings. The summed E-state index contributed by atoms with van der Waals surface area (Å²) in [5.41, 5.74) is -0.609. The van der Waals surface area contributed by atoms with Gasteiger partial charge in [-0.15, -0.1) is 0 Å². The van der Waals surface area contributed by atoms with Gasteiger partial charge in [0.25, 0.3) is 0 Å². The smallest absolute Gasteiger partial charge is 0.167 e. The van der Waals surface area contributed by atoms with Crippen molar-refractivity contribution in [2.45, 2.75) is 72.3 Å². The van der Waals surface area contributed by atoms with E-state index in [9.17, 15) is 4.79 Å². The molecule has 0 spiro atoms. The summed E-state index contributed by atoms with van der Waals surface area (Å²) in [4.78, 5) is 12.3. The zero-order valence-electron chi connectivity index (χ0n) is 11.6. The summed E-state index contributed by atoms with van der Waals surface area (Å²) >= 11 is 0. The number of unbranched alkanes of at least 4 members (excludes halogenated alkanes) is 1. The van der Waals surface area contributed by atoms with Crippen molar-refractivity contribution < 1.29 is 9.53 Å². The van der Waals surface area contributed by atoms with Crippen LogP contribution in [-0.2, 0) is 9.53 Å². The predicted molar refractivity (Wildman–Crippen MR) is 68.6 cm³/mol. The quantitative estimate of drug-likeness (QED) is 0.596. The number of rotatable bonds is 9. The molecule has 0 amide bonds. The van der Waals surface area contributed by atoms with Crippen LogP contribution >= 0.6 is 0 Å². The van der Waals surface area contributed by atoms with Crippen molar-refractivity contribution in [1.82, 2.24) is 0 Å². The monoisotopic (exact) mass is 228 g/mol. The molecule has 1 unspecified atom stereocenters. The van der Waals surface area contributed by atoms with Gasteiger partial charge in [-0.05, 0) is 33.6 Å². The van der Waals surface area contributed by atoms with Gasteiger partial charge < -0.3 is 4.74 Å². The molecule has 0 rings (SSSR count). The third kappa shape index (κ3) is 5.11. The van der Waals surface area contributed by atoms with Gasteiger partial charge in [0.2, 0.25) is 0 Å². The van der Waals surface area contributed by atoms with E-state index >= 15 is 0 Å². The molecule has 0 aliphatic rings. The van der Waals surface area contributed by atoms with Gasteiger partial charge in [0.15, 0.2) is 5.78 Å². The topological polar surface area (TPSA) is 26.3 Å². The first-order valence-electron chi connectivity index (χ1n) is 6.67. The first-order chi connectivity index (χ1) is 7.49. The lowest BCUT2D eigenvalue weighted by Gasteiger charge is -2.28. The Morgan fingerprint density at radius 1 is 1.12 bits per heavy atom. The average molecular weight is 228 g/mol. The maximum atomic E-state index is 12.3. The molecule has 0 aliphatic carbocycles. The van der Waals surface area contributed by atoms with Crippen molar-refractivity contribution in [2.24, 2.45) is 5.92 Å². The second-order valence-corrected chi connectivity index (χ2v) is 4.94. The minimum absolute atomic E-state index is 0.187. The van der Waals surface area contributed by atoms with Crippen molar-refractivity contribution in [2.75, 3.05) is 6.61 Å². The highest BCUT2D eigenvalue weighted by molar-refractivity contribution is 5.88. The fourth-order valence-corrected chi connectivity index (χ4v) is 2.13. The van der Waals surface area contributed by atoms with E-state index in [2.05, 4.69) is 13.8 Å². The molecular formula is C14H28O2. The van der Waals surface area contributed by atoms with E-state index in [4.69, 9.17) is 4.74 Å². The summed E-state index contributed by atoms with van der Waals surface area (Å²) in [5, 5.41) is 0. The van der Waals surface area contributed by atoms with Crippen molar-refractivity contribution in [3.8, 4) is 0 Å². The lowest BCUT2D eigenvalue weighted by atomic mass is 9.85. The first-order valence-corrected chi connectivity index (χ1v) is 6.67. The molecule has 0 saturated heterocycles. The number of hydrogen-bond acceptors (Lipinski definition) is 2. The Morgan fingerprint density at radius 2 is 1.75 bits per heavy atom. The molecule has 2 nitrogen and oxygen atoms in total. The standard InChI is InChI=1S/C14H28O2/c1-6-9-11-12(10-7-2)13(15)14(4,5)16-8-3/h12H,6-11H2,1-5H3. The van der Waals surface area contributed by atoms with Gasteiger partial charge in [-0.3, -0.25) is 4.79 Å². The van der Waals surface area contributed by atoms with Crippen LogP contribution in [0.15, 0.2) is 0 Å². The fraction of sp³-hybridized carbons (Fsp3) is 0.929. The van der Waals surface area contributed by atoms with Crippen LogP contribution in [-0.4, -0.2) is 18.0 Å². The van der Waals surface area contributed by atoms with E-state index in [1.165, 1.54) is 0 Å². The van der Waals surface area contributed by atoms with Crippen LogP contribution < -0.4 is 0 Å². The highest BCUT2D eigenvalue weighted by Crippen LogP contribution is 2.24. The van der Waals surface area contributed by atoms with Gasteiger partial charge in [0.05, 0.1) is 0 Å². The second kappa shape index (κ2) is 7.83. The molecule has 0 aromatic carbocycles. The van der Waals surface area contributed by atoms with Gasteiger partial charge in [-0.25, -0.2) is 0 Å². The Kier molecular flexibility index (Phi) is 7.65. The van der Waals surface area contributed by atoms with Crippen molar-refractivity contribution >= 4 is 5.78 Å². The van der Waals surface area contributed by atoms with Gasteiger partial charge in [0, 0.05) is 12.5 Å². The molecule has 16 heavy (non-hydrogen) atoms. The Morgan fingerprint density at radius 3 is 2.19 bits per heavy atom. The molecule has 2 heteroatoms. The SMILES string of the molecule is CCCCC(CCC)C(=O)C(C)(C)OCC. The first kappa shape index (κ1) is 15.6. The summed E-state index contributed by atoms with van der Waals surface area (Å²) < 4.78 is 5.55. The zero-order chi connectivity index (χ0) is 12.6. The summed E-state index contributed by atoms with van der Waals surface area (Å²) in [5.74, 6) is 0.469. The molecule has 0 radical (unpaired) electrons. The molecule has 0 saturated carbocycles. The lowest BCUT2D eigenvalue weighted by Crippen LogP contribution is -2.39. The van der Waals surface area contributed by atoms with E-state index in [0.29, 0.717) is 6.61 Å². The van der Waals surface area contributed by atoms with E-state index in [-0.39, 0.29) is 11.7 Å². The Hall–Kier alpha value is -0.370. The van der Waals surface area contributed by atoms with Crippen molar-refractivity contribution in [1.29, 1.82) is 0 Å². The summed E-state index contributed by atoms with van der Waals surface area (Å²) in [6.45, 7) is 10.6. The third-order valence-electron chi connectivity index (χ3n) is 3.01. The van der Waals surface area contributed by atoms with E-state index in [1.807, 2.05) is 20.8 Å². The highest BCUT2D eigenvalue weighted by atomic mass is 16.5. The minimum Gasteiger partial charge on any atom is -0.368 e. The maximum absolute atomic E-state index is 12.3. The number of ketones is 1. The lowest BCUT2D eigenvalue weighted by molar-refractivity contribution is -0.144. The second-order valence-electron chi connectivity index (χ2n) is 4.94. The van der Waals surface area contributed by atoms with Crippen LogP contribution in [0.4, 0.5) is 0 Å². The Labute approximate surface area is 101 Å². The highest BCUT2D eigenvalue weighted by Gasteiger charge is 2.33. The molecular weight excluding hydrogens is 200 g/mol. The summed E-state index contributed by atoms with van der Waals surface area (Å²) in [6, 6.07) is 0. The summed E-state index contributed by atoms with van der Waals surface area (Å²) in [6.07, 6.45) is 5.37. The van der Waals surface area contributed by atoms with Gasteiger partial charge in [-0.2, -0.15) is 0 Å². The summed E-state index contributed by atoms with van der Waals surface area (Å²) in [7, 11) is 0. The fourth-order valence-electron chi connectivity index (χ4n) is 2.13. The largest absolute Gasteiger partial charge is 0.368 e. The van der Waals surface area contributed by atoms with Gasteiger partial charge >= 0.3 is 0 Å².